The minimum absolute atomic E-state index is 0.0358. The Hall–Kier alpha value is -1.26. The smallest absolute Gasteiger partial charge is 0.129 e. The van der Waals surface area contributed by atoms with Crippen molar-refractivity contribution in [3.63, 3.8) is 0 Å². The van der Waals surface area contributed by atoms with Gasteiger partial charge in [-0.3, -0.25) is 0 Å². The number of rotatable bonds is 7. The van der Waals surface area contributed by atoms with E-state index in [2.05, 4.69) is 25.2 Å². The normalized spacial score (nSPS) is 12.6. The summed E-state index contributed by atoms with van der Waals surface area (Å²) in [7, 11) is 0. The van der Waals surface area contributed by atoms with Crippen LogP contribution >= 0.6 is 11.3 Å². The Labute approximate surface area is 129 Å². The van der Waals surface area contributed by atoms with Crippen LogP contribution < -0.4 is 5.32 Å². The van der Waals surface area contributed by atoms with Crippen molar-refractivity contribution in [2.45, 2.75) is 39.2 Å². The Kier molecular flexibility index (Phi) is 5.88. The molecule has 0 spiro atoms. The predicted octanol–water partition coefficient (Wildman–Crippen LogP) is 4.87. The highest BCUT2D eigenvalue weighted by Gasteiger charge is 2.20. The fourth-order valence-corrected chi connectivity index (χ4v) is 3.53. The maximum atomic E-state index is 13.9. The maximum absolute atomic E-state index is 13.9. The molecule has 0 fully saturated rings. The minimum Gasteiger partial charge on any atom is -0.309 e. The lowest BCUT2D eigenvalue weighted by Gasteiger charge is -2.19. The van der Waals surface area contributed by atoms with Crippen LogP contribution in [-0.2, 0) is 12.8 Å². The highest BCUT2D eigenvalue weighted by molar-refractivity contribution is 7.10. The summed E-state index contributed by atoms with van der Waals surface area (Å²) in [6.45, 7) is 5.02. The maximum Gasteiger partial charge on any atom is 0.129 e. The lowest BCUT2D eigenvalue weighted by Crippen LogP contribution is -2.25. The molecule has 0 bridgehead atoms. The molecule has 4 heteroatoms. The van der Waals surface area contributed by atoms with Crippen LogP contribution in [0.1, 0.15) is 42.3 Å². The SMILES string of the molecule is CCCNC(Cc1c(F)cccc1F)c1sccc1CC. The van der Waals surface area contributed by atoms with Crippen LogP contribution in [-0.4, -0.2) is 6.54 Å². The Bertz CT molecular complexity index is 560. The van der Waals surface area contributed by atoms with E-state index in [0.29, 0.717) is 6.42 Å². The van der Waals surface area contributed by atoms with Crippen molar-refractivity contribution in [2.24, 2.45) is 0 Å². The standard InChI is InChI=1S/C17H21F2NS/c1-3-9-20-16(17-12(4-2)8-10-21-17)11-13-14(18)6-5-7-15(13)19/h5-8,10,16,20H,3-4,9,11H2,1-2H3. The summed E-state index contributed by atoms with van der Waals surface area (Å²) in [4.78, 5) is 1.19. The number of aryl methyl sites for hydroxylation is 1. The van der Waals surface area contributed by atoms with E-state index in [1.165, 1.54) is 28.6 Å². The largest absolute Gasteiger partial charge is 0.309 e. The van der Waals surface area contributed by atoms with E-state index in [-0.39, 0.29) is 11.6 Å². The Morgan fingerprint density at radius 2 is 1.86 bits per heavy atom. The highest BCUT2D eigenvalue weighted by Crippen LogP contribution is 2.29. The van der Waals surface area contributed by atoms with Gasteiger partial charge in [-0.1, -0.05) is 19.9 Å². The van der Waals surface area contributed by atoms with Crippen molar-refractivity contribution in [3.05, 3.63) is 57.3 Å². The van der Waals surface area contributed by atoms with Crippen molar-refractivity contribution in [1.82, 2.24) is 5.32 Å². The van der Waals surface area contributed by atoms with Gasteiger partial charge in [-0.2, -0.15) is 0 Å². The summed E-state index contributed by atoms with van der Waals surface area (Å²) in [5.74, 6) is -0.930. The second-order valence-corrected chi connectivity index (χ2v) is 6.02. The number of nitrogens with one attached hydrogen (secondary N) is 1. The number of halogens is 2. The summed E-state index contributed by atoms with van der Waals surface area (Å²) in [6.07, 6.45) is 2.26. The van der Waals surface area contributed by atoms with E-state index in [4.69, 9.17) is 0 Å². The average Bonchev–Trinajstić information content (AvgIpc) is 2.94. The molecule has 1 unspecified atom stereocenters. The predicted molar refractivity (Wildman–Crippen MR) is 84.8 cm³/mol. The van der Waals surface area contributed by atoms with Gasteiger partial charge < -0.3 is 5.32 Å². The first-order valence-corrected chi connectivity index (χ1v) is 8.27. The van der Waals surface area contributed by atoms with Crippen LogP contribution in [0.25, 0.3) is 0 Å². The Morgan fingerprint density at radius 3 is 2.48 bits per heavy atom. The van der Waals surface area contributed by atoms with Crippen LogP contribution in [0.2, 0.25) is 0 Å². The van der Waals surface area contributed by atoms with E-state index in [1.54, 1.807) is 11.3 Å². The molecule has 2 rings (SSSR count). The summed E-state index contributed by atoms with van der Waals surface area (Å²) >= 11 is 1.66. The van der Waals surface area contributed by atoms with Gasteiger partial charge in [-0.15, -0.1) is 11.3 Å². The first-order chi connectivity index (χ1) is 10.2. The van der Waals surface area contributed by atoms with Crippen molar-refractivity contribution in [2.75, 3.05) is 6.54 Å². The molecule has 1 aromatic carbocycles. The van der Waals surface area contributed by atoms with E-state index >= 15 is 0 Å². The van der Waals surface area contributed by atoms with Gasteiger partial charge in [0.15, 0.2) is 0 Å². The second kappa shape index (κ2) is 7.66. The fraction of sp³-hybridized carbons (Fsp3) is 0.412. The fourth-order valence-electron chi connectivity index (χ4n) is 2.45. The molecule has 0 aliphatic heterocycles. The number of benzene rings is 1. The number of thiophene rings is 1. The van der Waals surface area contributed by atoms with Gasteiger partial charge >= 0.3 is 0 Å². The van der Waals surface area contributed by atoms with Gasteiger partial charge in [0.25, 0.3) is 0 Å². The lowest BCUT2D eigenvalue weighted by molar-refractivity contribution is 0.493. The van der Waals surface area contributed by atoms with Crippen molar-refractivity contribution >= 4 is 11.3 Å². The summed E-state index contributed by atoms with van der Waals surface area (Å²) in [5.41, 5.74) is 1.42. The van der Waals surface area contributed by atoms with Gasteiger partial charge in [0.05, 0.1) is 0 Å². The van der Waals surface area contributed by atoms with Gasteiger partial charge in [0.1, 0.15) is 11.6 Å². The third-order valence-electron chi connectivity index (χ3n) is 3.59. The zero-order chi connectivity index (χ0) is 15.2. The molecule has 1 N–H and O–H groups in total. The molecule has 114 valence electrons. The average molecular weight is 309 g/mol. The van der Waals surface area contributed by atoms with E-state index in [0.717, 1.165) is 19.4 Å². The second-order valence-electron chi connectivity index (χ2n) is 5.07. The number of hydrogen-bond acceptors (Lipinski definition) is 2. The van der Waals surface area contributed by atoms with E-state index in [9.17, 15) is 8.78 Å². The topological polar surface area (TPSA) is 12.0 Å². The molecule has 21 heavy (non-hydrogen) atoms. The molecule has 1 nitrogen and oxygen atoms in total. The third kappa shape index (κ3) is 3.89. The third-order valence-corrected chi connectivity index (χ3v) is 4.66. The van der Waals surface area contributed by atoms with Crippen LogP contribution in [0.15, 0.2) is 29.6 Å². The van der Waals surface area contributed by atoms with Gasteiger partial charge in [-0.25, -0.2) is 8.78 Å². The molecule has 0 amide bonds. The van der Waals surface area contributed by atoms with Crippen LogP contribution in [0.4, 0.5) is 8.78 Å². The molecule has 0 saturated carbocycles. The quantitative estimate of drug-likeness (QED) is 0.769. The Balaban J connectivity index is 2.28. The summed E-state index contributed by atoms with van der Waals surface area (Å²) in [5, 5.41) is 5.47. The molecule has 1 aromatic heterocycles. The van der Waals surface area contributed by atoms with Crippen LogP contribution in [0.5, 0.6) is 0 Å². The lowest BCUT2D eigenvalue weighted by atomic mass is 10.0. The highest BCUT2D eigenvalue weighted by atomic mass is 32.1. The van der Waals surface area contributed by atoms with Crippen molar-refractivity contribution < 1.29 is 8.78 Å². The van der Waals surface area contributed by atoms with Gasteiger partial charge in [0, 0.05) is 16.5 Å². The summed E-state index contributed by atoms with van der Waals surface area (Å²) in [6, 6.07) is 6.12. The summed E-state index contributed by atoms with van der Waals surface area (Å²) < 4.78 is 27.8. The van der Waals surface area contributed by atoms with E-state index in [1.807, 2.05) is 5.38 Å². The molecule has 0 saturated heterocycles. The number of hydrogen-bond donors (Lipinski definition) is 1. The molecule has 2 aromatic rings. The van der Waals surface area contributed by atoms with Crippen LogP contribution in [0, 0.1) is 11.6 Å². The van der Waals surface area contributed by atoms with E-state index < -0.39 is 11.6 Å². The Morgan fingerprint density at radius 1 is 1.14 bits per heavy atom. The zero-order valence-electron chi connectivity index (χ0n) is 12.5. The molecule has 1 atom stereocenters. The molecule has 0 radical (unpaired) electrons. The van der Waals surface area contributed by atoms with Gasteiger partial charge in [0.2, 0.25) is 0 Å². The first kappa shape index (κ1) is 16.1. The van der Waals surface area contributed by atoms with Crippen molar-refractivity contribution in [3.8, 4) is 0 Å². The first-order valence-electron chi connectivity index (χ1n) is 7.39. The molecule has 0 aliphatic rings. The minimum atomic E-state index is -0.465. The molecule has 0 aliphatic carbocycles. The molecular weight excluding hydrogens is 288 g/mol. The van der Waals surface area contributed by atoms with Crippen molar-refractivity contribution in [1.29, 1.82) is 0 Å². The monoisotopic (exact) mass is 309 g/mol. The zero-order valence-corrected chi connectivity index (χ0v) is 13.3. The molecular formula is C17H21F2NS. The van der Waals surface area contributed by atoms with Crippen LogP contribution in [0.3, 0.4) is 0 Å². The molecule has 1 heterocycles. The van der Waals surface area contributed by atoms with Gasteiger partial charge in [-0.05, 0) is 54.9 Å².